The maximum Gasteiger partial charge on any atom is 0.0576 e. The van der Waals surface area contributed by atoms with E-state index in [-0.39, 0.29) is 6.10 Å². The molecule has 0 heterocycles. The smallest absolute Gasteiger partial charge is 0.0576 e. The Kier molecular flexibility index (Phi) is 4.18. The van der Waals surface area contributed by atoms with Gasteiger partial charge in [0.2, 0.25) is 0 Å². The Hall–Kier alpha value is -0.0400. The van der Waals surface area contributed by atoms with Crippen molar-refractivity contribution in [2.45, 2.75) is 78.2 Å². The van der Waals surface area contributed by atoms with Gasteiger partial charge in [-0.2, -0.15) is 0 Å². The molecule has 0 aromatic rings. The molecule has 1 nitrogen and oxygen atoms in total. The van der Waals surface area contributed by atoms with E-state index in [9.17, 15) is 5.11 Å². The summed E-state index contributed by atoms with van der Waals surface area (Å²) >= 11 is 0. The summed E-state index contributed by atoms with van der Waals surface area (Å²) in [6.07, 6.45) is 10.7. The molecule has 0 saturated heterocycles. The monoisotopic (exact) mass is 238 g/mol. The van der Waals surface area contributed by atoms with Gasteiger partial charge in [0, 0.05) is 0 Å². The van der Waals surface area contributed by atoms with E-state index in [0.717, 1.165) is 12.3 Å². The van der Waals surface area contributed by atoms with Gasteiger partial charge in [-0.15, -0.1) is 0 Å². The molecular formula is C16H30O. The summed E-state index contributed by atoms with van der Waals surface area (Å²) in [5.41, 5.74) is 0.436. The third-order valence-electron chi connectivity index (χ3n) is 5.67. The van der Waals surface area contributed by atoms with Crippen LogP contribution in [0.25, 0.3) is 0 Å². The minimum absolute atomic E-state index is 0.0457. The van der Waals surface area contributed by atoms with E-state index in [0.29, 0.717) is 17.3 Å². The molecule has 2 aliphatic rings. The van der Waals surface area contributed by atoms with Crippen LogP contribution in [-0.2, 0) is 0 Å². The lowest BCUT2D eigenvalue weighted by atomic mass is 9.59. The largest absolute Gasteiger partial charge is 0.393 e. The van der Waals surface area contributed by atoms with Crippen LogP contribution in [0.3, 0.4) is 0 Å². The predicted octanol–water partition coefficient (Wildman–Crippen LogP) is 4.39. The molecule has 1 heteroatoms. The zero-order valence-electron chi connectivity index (χ0n) is 11.9. The average Bonchev–Trinajstić information content (AvgIpc) is 2.29. The molecular weight excluding hydrogens is 208 g/mol. The first-order chi connectivity index (χ1) is 8.03. The molecule has 0 aromatic heterocycles. The molecule has 1 N–H and O–H groups in total. The molecule has 2 rings (SSSR count). The third kappa shape index (κ3) is 2.86. The van der Waals surface area contributed by atoms with Gasteiger partial charge in [-0.1, -0.05) is 40.0 Å². The molecule has 0 unspecified atom stereocenters. The lowest BCUT2D eigenvalue weighted by Gasteiger charge is -2.47. The number of aliphatic hydroxyl groups excluding tert-OH is 1. The maximum absolute atomic E-state index is 10.4. The Labute approximate surface area is 107 Å². The van der Waals surface area contributed by atoms with Crippen LogP contribution in [0, 0.1) is 23.2 Å². The highest BCUT2D eigenvalue weighted by molar-refractivity contribution is 4.93. The molecule has 0 aliphatic heterocycles. The standard InChI is InChI=1S/C16H30O/c1-12(2)14-9-10-16(3,11-15(14)17)13-7-5-4-6-8-13/h12-15,17H,4-11H2,1-3H3/t14-,15+,16+/m0/s1. The zero-order valence-corrected chi connectivity index (χ0v) is 11.9. The SMILES string of the molecule is CC(C)[C@@H]1CC[C@@](C)(C2CCCCC2)C[C@H]1O. The second-order valence-electron chi connectivity index (χ2n) is 7.21. The van der Waals surface area contributed by atoms with Crippen molar-refractivity contribution >= 4 is 0 Å². The summed E-state index contributed by atoms with van der Waals surface area (Å²) in [5, 5.41) is 10.4. The van der Waals surface area contributed by atoms with E-state index in [1.807, 2.05) is 0 Å². The fraction of sp³-hybridized carbons (Fsp3) is 1.00. The van der Waals surface area contributed by atoms with Crippen molar-refractivity contribution in [3.63, 3.8) is 0 Å². The second-order valence-corrected chi connectivity index (χ2v) is 7.21. The van der Waals surface area contributed by atoms with Crippen LogP contribution in [0.5, 0.6) is 0 Å². The molecule has 17 heavy (non-hydrogen) atoms. The lowest BCUT2D eigenvalue weighted by molar-refractivity contribution is -0.0414. The number of hydrogen-bond acceptors (Lipinski definition) is 1. The lowest BCUT2D eigenvalue weighted by Crippen LogP contribution is -2.42. The quantitative estimate of drug-likeness (QED) is 0.756. The fourth-order valence-electron chi connectivity index (χ4n) is 4.37. The number of hydrogen-bond donors (Lipinski definition) is 1. The van der Waals surface area contributed by atoms with E-state index in [2.05, 4.69) is 20.8 Å². The van der Waals surface area contributed by atoms with Crippen LogP contribution < -0.4 is 0 Å². The van der Waals surface area contributed by atoms with Crippen molar-refractivity contribution in [1.82, 2.24) is 0 Å². The van der Waals surface area contributed by atoms with Crippen LogP contribution >= 0.6 is 0 Å². The Balaban J connectivity index is 1.98. The molecule has 0 bridgehead atoms. The van der Waals surface area contributed by atoms with E-state index >= 15 is 0 Å². The maximum atomic E-state index is 10.4. The highest BCUT2D eigenvalue weighted by Crippen LogP contribution is 2.50. The molecule has 0 spiro atoms. The first-order valence-electron chi connectivity index (χ1n) is 7.71. The highest BCUT2D eigenvalue weighted by Gasteiger charge is 2.42. The molecule has 2 aliphatic carbocycles. The summed E-state index contributed by atoms with van der Waals surface area (Å²) in [7, 11) is 0. The molecule has 0 aromatic carbocycles. The molecule has 0 amide bonds. The summed E-state index contributed by atoms with van der Waals surface area (Å²) in [6, 6.07) is 0. The van der Waals surface area contributed by atoms with Gasteiger partial charge in [0.1, 0.15) is 0 Å². The van der Waals surface area contributed by atoms with Gasteiger partial charge in [0.05, 0.1) is 6.10 Å². The summed E-state index contributed by atoms with van der Waals surface area (Å²) < 4.78 is 0. The first kappa shape index (κ1) is 13.4. The van der Waals surface area contributed by atoms with Crippen molar-refractivity contribution in [3.05, 3.63) is 0 Å². The van der Waals surface area contributed by atoms with Crippen LogP contribution in [0.15, 0.2) is 0 Å². The predicted molar refractivity (Wildman–Crippen MR) is 72.9 cm³/mol. The van der Waals surface area contributed by atoms with Crippen molar-refractivity contribution < 1.29 is 5.11 Å². The number of aliphatic hydroxyl groups is 1. The molecule has 2 fully saturated rings. The highest BCUT2D eigenvalue weighted by atomic mass is 16.3. The second kappa shape index (κ2) is 5.30. The van der Waals surface area contributed by atoms with Crippen LogP contribution in [-0.4, -0.2) is 11.2 Å². The van der Waals surface area contributed by atoms with Gasteiger partial charge in [-0.3, -0.25) is 0 Å². The van der Waals surface area contributed by atoms with Gasteiger partial charge in [-0.25, -0.2) is 0 Å². The van der Waals surface area contributed by atoms with Crippen molar-refractivity contribution in [2.24, 2.45) is 23.2 Å². The van der Waals surface area contributed by atoms with E-state index in [1.54, 1.807) is 0 Å². The topological polar surface area (TPSA) is 20.2 Å². The normalized spacial score (nSPS) is 40.8. The minimum atomic E-state index is -0.0457. The van der Waals surface area contributed by atoms with Gasteiger partial charge in [0.15, 0.2) is 0 Å². The Morgan fingerprint density at radius 3 is 2.24 bits per heavy atom. The minimum Gasteiger partial charge on any atom is -0.393 e. The van der Waals surface area contributed by atoms with Gasteiger partial charge in [0.25, 0.3) is 0 Å². The Morgan fingerprint density at radius 1 is 1.06 bits per heavy atom. The zero-order chi connectivity index (χ0) is 12.5. The van der Waals surface area contributed by atoms with Crippen LogP contribution in [0.1, 0.15) is 72.1 Å². The first-order valence-corrected chi connectivity index (χ1v) is 7.71. The molecule has 2 saturated carbocycles. The van der Waals surface area contributed by atoms with Gasteiger partial charge >= 0.3 is 0 Å². The van der Waals surface area contributed by atoms with E-state index < -0.39 is 0 Å². The molecule has 100 valence electrons. The number of rotatable bonds is 2. The Bertz CT molecular complexity index is 242. The van der Waals surface area contributed by atoms with Crippen molar-refractivity contribution in [1.29, 1.82) is 0 Å². The Morgan fingerprint density at radius 2 is 1.71 bits per heavy atom. The van der Waals surface area contributed by atoms with E-state index in [4.69, 9.17) is 0 Å². The molecule has 0 radical (unpaired) electrons. The van der Waals surface area contributed by atoms with Crippen molar-refractivity contribution in [2.75, 3.05) is 0 Å². The van der Waals surface area contributed by atoms with Gasteiger partial charge in [-0.05, 0) is 55.3 Å². The van der Waals surface area contributed by atoms with Crippen LogP contribution in [0.2, 0.25) is 0 Å². The summed E-state index contributed by atoms with van der Waals surface area (Å²) in [5.74, 6) is 2.08. The van der Waals surface area contributed by atoms with Crippen molar-refractivity contribution in [3.8, 4) is 0 Å². The van der Waals surface area contributed by atoms with E-state index in [1.165, 1.54) is 44.9 Å². The fourth-order valence-corrected chi connectivity index (χ4v) is 4.37. The van der Waals surface area contributed by atoms with Gasteiger partial charge < -0.3 is 5.11 Å². The average molecular weight is 238 g/mol. The summed E-state index contributed by atoms with van der Waals surface area (Å²) in [4.78, 5) is 0. The third-order valence-corrected chi connectivity index (χ3v) is 5.67. The summed E-state index contributed by atoms with van der Waals surface area (Å²) in [6.45, 7) is 6.97. The van der Waals surface area contributed by atoms with Crippen LogP contribution in [0.4, 0.5) is 0 Å². The molecule has 3 atom stereocenters.